The van der Waals surface area contributed by atoms with Gasteiger partial charge in [0.25, 0.3) is 10.0 Å². The van der Waals surface area contributed by atoms with Crippen LogP contribution in [0.3, 0.4) is 0 Å². The van der Waals surface area contributed by atoms with E-state index in [1.54, 1.807) is 6.92 Å². The van der Waals surface area contributed by atoms with E-state index in [0.29, 0.717) is 0 Å². The molecule has 0 aliphatic rings. The van der Waals surface area contributed by atoms with Crippen LogP contribution < -0.4 is 4.31 Å². The number of pyridine rings is 1. The molecule has 0 aliphatic heterocycles. The van der Waals surface area contributed by atoms with Crippen LogP contribution in [0.2, 0.25) is 10.0 Å². The van der Waals surface area contributed by atoms with Crippen molar-refractivity contribution in [1.29, 1.82) is 0 Å². The molecule has 1 aromatic carbocycles. The minimum atomic E-state index is -4.03. The molecule has 0 aliphatic carbocycles. The lowest BCUT2D eigenvalue weighted by atomic mass is 10.4. The van der Waals surface area contributed by atoms with Crippen LogP contribution in [-0.4, -0.2) is 19.9 Å². The zero-order chi connectivity index (χ0) is 15.6. The van der Waals surface area contributed by atoms with Gasteiger partial charge in [0, 0.05) is 17.8 Å². The molecule has 2 rings (SSSR count). The molecule has 0 spiro atoms. The van der Waals surface area contributed by atoms with Crippen LogP contribution in [0.1, 0.15) is 6.92 Å². The fraction of sp³-hybridized carbons (Fsp3) is 0.154. The second kappa shape index (κ2) is 6.17. The summed E-state index contributed by atoms with van der Waals surface area (Å²) in [6.45, 7) is 1.63. The summed E-state index contributed by atoms with van der Waals surface area (Å²) in [5.41, 5.74) is -0.0939. The molecule has 0 N–H and O–H groups in total. The van der Waals surface area contributed by atoms with Gasteiger partial charge in [-0.25, -0.2) is 12.8 Å². The van der Waals surface area contributed by atoms with E-state index >= 15 is 0 Å². The first-order chi connectivity index (χ1) is 9.87. The molecular weight excluding hydrogens is 338 g/mol. The van der Waals surface area contributed by atoms with Gasteiger partial charge in [0.1, 0.15) is 4.90 Å². The molecule has 4 nitrogen and oxygen atoms in total. The van der Waals surface area contributed by atoms with E-state index in [-0.39, 0.29) is 27.2 Å². The fourth-order valence-corrected chi connectivity index (χ4v) is 4.06. The molecule has 0 unspecified atom stereocenters. The largest absolute Gasteiger partial charge is 0.265 e. The van der Waals surface area contributed by atoms with Crippen LogP contribution >= 0.6 is 23.2 Å². The lowest BCUT2D eigenvalue weighted by Gasteiger charge is -2.23. The zero-order valence-electron chi connectivity index (χ0n) is 10.9. The highest BCUT2D eigenvalue weighted by Gasteiger charge is 2.28. The van der Waals surface area contributed by atoms with Gasteiger partial charge >= 0.3 is 0 Å². The second-order valence-electron chi connectivity index (χ2n) is 4.07. The zero-order valence-corrected chi connectivity index (χ0v) is 13.3. The number of sulfonamides is 1. The summed E-state index contributed by atoms with van der Waals surface area (Å²) < 4.78 is 40.1. The lowest BCUT2D eigenvalue weighted by molar-refractivity contribution is 0.585. The molecule has 2 aromatic rings. The van der Waals surface area contributed by atoms with Crippen molar-refractivity contribution in [3.63, 3.8) is 0 Å². The Hall–Kier alpha value is -1.37. The third-order valence-corrected chi connectivity index (χ3v) is 5.37. The summed E-state index contributed by atoms with van der Waals surface area (Å²) in [4.78, 5) is 3.43. The van der Waals surface area contributed by atoms with Crippen LogP contribution in [0.4, 0.5) is 10.1 Å². The van der Waals surface area contributed by atoms with Gasteiger partial charge in [-0.2, -0.15) is 0 Å². The number of nitrogens with zero attached hydrogens (tertiary/aromatic N) is 2. The van der Waals surface area contributed by atoms with E-state index in [4.69, 9.17) is 23.2 Å². The SMILES string of the molecule is CCN(c1ccncc1F)S(=O)(=O)c1cc(Cl)ccc1Cl. The molecular formula is C13H11Cl2FN2O2S. The highest BCUT2D eigenvalue weighted by molar-refractivity contribution is 7.93. The maximum atomic E-state index is 13.8. The van der Waals surface area contributed by atoms with E-state index < -0.39 is 15.8 Å². The molecule has 0 atom stereocenters. The Morgan fingerprint density at radius 2 is 2.00 bits per heavy atom. The molecule has 1 heterocycles. The normalized spacial score (nSPS) is 11.4. The van der Waals surface area contributed by atoms with Crippen molar-refractivity contribution in [2.45, 2.75) is 11.8 Å². The molecule has 0 fully saturated rings. The third kappa shape index (κ3) is 3.12. The summed E-state index contributed by atoms with van der Waals surface area (Å²) in [6, 6.07) is 5.38. The highest BCUT2D eigenvalue weighted by Crippen LogP contribution is 2.31. The fourth-order valence-electron chi connectivity index (χ4n) is 1.83. The number of anilines is 1. The van der Waals surface area contributed by atoms with Crippen molar-refractivity contribution in [3.8, 4) is 0 Å². The average molecular weight is 349 g/mol. The topological polar surface area (TPSA) is 50.3 Å². The maximum Gasteiger partial charge on any atom is 0.265 e. The van der Waals surface area contributed by atoms with Crippen LogP contribution in [0, 0.1) is 5.82 Å². The molecule has 112 valence electrons. The predicted octanol–water partition coefficient (Wildman–Crippen LogP) is 3.74. The third-order valence-electron chi connectivity index (χ3n) is 2.77. The minimum absolute atomic E-state index is 0.0207. The molecule has 0 saturated carbocycles. The van der Waals surface area contributed by atoms with Gasteiger partial charge in [-0.1, -0.05) is 23.2 Å². The molecule has 0 saturated heterocycles. The van der Waals surface area contributed by atoms with Gasteiger partial charge < -0.3 is 0 Å². The number of rotatable bonds is 4. The van der Waals surface area contributed by atoms with Crippen molar-refractivity contribution in [2.24, 2.45) is 0 Å². The quantitative estimate of drug-likeness (QED) is 0.845. The Morgan fingerprint density at radius 1 is 1.29 bits per heavy atom. The number of hydrogen-bond acceptors (Lipinski definition) is 3. The number of halogens is 3. The summed E-state index contributed by atoms with van der Waals surface area (Å²) in [6.07, 6.45) is 2.27. The Labute approximate surface area is 132 Å². The van der Waals surface area contributed by atoms with Crippen molar-refractivity contribution in [2.75, 3.05) is 10.8 Å². The standard InChI is InChI=1S/C13H11Cl2FN2O2S/c1-2-18(12-5-6-17-8-11(12)16)21(19,20)13-7-9(14)3-4-10(13)15/h3-8H,2H2,1H3. The van der Waals surface area contributed by atoms with Gasteiger partial charge in [0.05, 0.1) is 16.9 Å². The molecule has 0 bridgehead atoms. The average Bonchev–Trinajstić information content (AvgIpc) is 2.44. The summed E-state index contributed by atoms with van der Waals surface area (Å²) in [5, 5.41) is 0.247. The Morgan fingerprint density at radius 3 is 2.62 bits per heavy atom. The van der Waals surface area contributed by atoms with Crippen molar-refractivity contribution in [1.82, 2.24) is 4.98 Å². The molecule has 0 amide bonds. The van der Waals surface area contributed by atoms with Crippen LogP contribution in [0.15, 0.2) is 41.6 Å². The number of aromatic nitrogens is 1. The minimum Gasteiger partial charge on any atom is -0.263 e. The first-order valence-electron chi connectivity index (χ1n) is 5.95. The van der Waals surface area contributed by atoms with Gasteiger partial charge in [0.15, 0.2) is 5.82 Å². The Kier molecular flexibility index (Phi) is 4.70. The van der Waals surface area contributed by atoms with Crippen molar-refractivity contribution in [3.05, 3.63) is 52.5 Å². The summed E-state index contributed by atoms with van der Waals surface area (Å²) in [7, 11) is -4.03. The summed E-state index contributed by atoms with van der Waals surface area (Å²) >= 11 is 11.8. The van der Waals surface area contributed by atoms with E-state index in [9.17, 15) is 12.8 Å². The monoisotopic (exact) mass is 348 g/mol. The van der Waals surface area contributed by atoms with Gasteiger partial charge in [-0.3, -0.25) is 9.29 Å². The Bertz CT molecular complexity index is 769. The lowest BCUT2D eigenvalue weighted by Crippen LogP contribution is -2.31. The van der Waals surface area contributed by atoms with E-state index in [0.717, 1.165) is 10.5 Å². The van der Waals surface area contributed by atoms with Crippen molar-refractivity contribution < 1.29 is 12.8 Å². The first-order valence-corrected chi connectivity index (χ1v) is 8.15. The smallest absolute Gasteiger partial charge is 0.263 e. The van der Waals surface area contributed by atoms with Crippen LogP contribution in [-0.2, 0) is 10.0 Å². The Balaban J connectivity index is 2.61. The first kappa shape index (κ1) is 16.0. The van der Waals surface area contributed by atoms with Gasteiger partial charge in [-0.15, -0.1) is 0 Å². The molecule has 8 heteroatoms. The van der Waals surface area contributed by atoms with Gasteiger partial charge in [0.2, 0.25) is 0 Å². The number of benzene rings is 1. The van der Waals surface area contributed by atoms with Gasteiger partial charge in [-0.05, 0) is 31.2 Å². The second-order valence-corrected chi connectivity index (χ2v) is 6.75. The maximum absolute atomic E-state index is 13.8. The molecule has 0 radical (unpaired) electrons. The highest BCUT2D eigenvalue weighted by atomic mass is 35.5. The van der Waals surface area contributed by atoms with E-state index in [1.165, 1.54) is 30.5 Å². The summed E-state index contributed by atoms with van der Waals surface area (Å²) in [5.74, 6) is -0.735. The van der Waals surface area contributed by atoms with Crippen molar-refractivity contribution >= 4 is 38.9 Å². The predicted molar refractivity (Wildman–Crippen MR) is 80.9 cm³/mol. The van der Waals surface area contributed by atoms with Crippen LogP contribution in [0.5, 0.6) is 0 Å². The van der Waals surface area contributed by atoms with E-state index in [2.05, 4.69) is 4.98 Å². The van der Waals surface area contributed by atoms with E-state index in [1.807, 2.05) is 0 Å². The van der Waals surface area contributed by atoms with Crippen LogP contribution in [0.25, 0.3) is 0 Å². The molecule has 21 heavy (non-hydrogen) atoms. The number of hydrogen-bond donors (Lipinski definition) is 0. The molecule has 1 aromatic heterocycles.